The number of rotatable bonds is 6. The third-order valence-electron chi connectivity index (χ3n) is 5.85. The van der Waals surface area contributed by atoms with E-state index in [1.165, 1.54) is 29.0 Å². The summed E-state index contributed by atoms with van der Waals surface area (Å²) in [7, 11) is 0. The first-order valence-electron chi connectivity index (χ1n) is 10.9. The van der Waals surface area contributed by atoms with E-state index in [0.717, 1.165) is 46.3 Å². The van der Waals surface area contributed by atoms with E-state index in [4.69, 9.17) is 4.98 Å². The summed E-state index contributed by atoms with van der Waals surface area (Å²) in [5.74, 6) is 0.783. The Morgan fingerprint density at radius 3 is 2.58 bits per heavy atom. The van der Waals surface area contributed by atoms with Crippen LogP contribution in [0.4, 0.5) is 0 Å². The summed E-state index contributed by atoms with van der Waals surface area (Å²) in [6.45, 7) is 5.54. The van der Waals surface area contributed by atoms with E-state index in [9.17, 15) is 4.79 Å². The van der Waals surface area contributed by atoms with Crippen molar-refractivity contribution in [3.05, 3.63) is 87.0 Å². The van der Waals surface area contributed by atoms with E-state index in [0.29, 0.717) is 0 Å². The van der Waals surface area contributed by atoms with E-state index < -0.39 is 0 Å². The van der Waals surface area contributed by atoms with Gasteiger partial charge in [0.05, 0.1) is 29.0 Å². The van der Waals surface area contributed by atoms with Crippen molar-refractivity contribution in [1.82, 2.24) is 9.55 Å². The second-order valence-corrected chi connectivity index (χ2v) is 10.0. The lowest BCUT2D eigenvalue weighted by Gasteiger charge is -2.23. The molecule has 2 aromatic carbocycles. The first-order valence-corrected chi connectivity index (χ1v) is 12.7. The minimum atomic E-state index is 0.0724. The maximum atomic E-state index is 13.8. The van der Waals surface area contributed by atoms with Crippen molar-refractivity contribution in [2.75, 3.05) is 13.1 Å². The Balaban J connectivity index is 1.62. The molecule has 0 spiro atoms. The second kappa shape index (κ2) is 8.99. The van der Waals surface area contributed by atoms with Gasteiger partial charge in [0.2, 0.25) is 0 Å². The van der Waals surface area contributed by atoms with Crippen LogP contribution in [0.15, 0.2) is 70.6 Å². The highest BCUT2D eigenvalue weighted by Crippen LogP contribution is 2.32. The van der Waals surface area contributed by atoms with E-state index in [1.54, 1.807) is 28.0 Å². The highest BCUT2D eigenvalue weighted by Gasteiger charge is 2.27. The molecule has 0 radical (unpaired) electrons. The van der Waals surface area contributed by atoms with Crippen LogP contribution in [-0.2, 0) is 18.7 Å². The lowest BCUT2D eigenvalue weighted by molar-refractivity contribution is -0.915. The van der Waals surface area contributed by atoms with Gasteiger partial charge in [-0.3, -0.25) is 9.36 Å². The van der Waals surface area contributed by atoms with Crippen molar-refractivity contribution in [2.45, 2.75) is 37.2 Å². The maximum absolute atomic E-state index is 13.8. The third-order valence-corrected chi connectivity index (χ3v) is 7.98. The number of nitrogens with one attached hydrogen (secondary N) is 1. The first kappa shape index (κ1) is 20.5. The summed E-state index contributed by atoms with van der Waals surface area (Å²) in [6.07, 6.45) is 2.15. The highest BCUT2D eigenvalue weighted by molar-refractivity contribution is 7.98. The predicted molar refractivity (Wildman–Crippen MR) is 130 cm³/mol. The van der Waals surface area contributed by atoms with E-state index in [2.05, 4.69) is 31.2 Å². The van der Waals surface area contributed by atoms with Crippen LogP contribution < -0.4 is 10.5 Å². The van der Waals surface area contributed by atoms with Crippen LogP contribution in [0, 0.1) is 0 Å². The molecule has 1 aliphatic heterocycles. The summed E-state index contributed by atoms with van der Waals surface area (Å²) in [5, 5.41) is 1.60. The molecule has 0 fully saturated rings. The number of para-hydroxylation sites is 1. The van der Waals surface area contributed by atoms with Crippen molar-refractivity contribution in [1.29, 1.82) is 0 Å². The zero-order valence-corrected chi connectivity index (χ0v) is 19.3. The van der Waals surface area contributed by atoms with Crippen LogP contribution in [-0.4, -0.2) is 22.6 Å². The molecule has 0 saturated heterocycles. The van der Waals surface area contributed by atoms with Crippen LogP contribution in [0.3, 0.4) is 0 Å². The van der Waals surface area contributed by atoms with Gasteiger partial charge in [0, 0.05) is 12.2 Å². The lowest BCUT2D eigenvalue weighted by Crippen LogP contribution is -3.11. The number of hydrogen-bond acceptors (Lipinski definition) is 4. The summed E-state index contributed by atoms with van der Waals surface area (Å²) in [6, 6.07) is 20.3. The van der Waals surface area contributed by atoms with Crippen LogP contribution >= 0.6 is 23.1 Å². The number of aromatic nitrogens is 2. The molecular formula is C25H26N3OS2+. The maximum Gasteiger partial charge on any atom is 0.267 e. The van der Waals surface area contributed by atoms with Crippen LogP contribution in [0.25, 0.3) is 15.9 Å². The van der Waals surface area contributed by atoms with Crippen molar-refractivity contribution >= 4 is 33.3 Å². The van der Waals surface area contributed by atoms with Crippen molar-refractivity contribution in [2.24, 2.45) is 0 Å². The van der Waals surface area contributed by atoms with Crippen LogP contribution in [0.2, 0.25) is 0 Å². The Labute approximate surface area is 190 Å². The minimum absolute atomic E-state index is 0.0724. The Morgan fingerprint density at radius 2 is 1.84 bits per heavy atom. The van der Waals surface area contributed by atoms with Gasteiger partial charge in [-0.2, -0.15) is 0 Å². The molecule has 6 heteroatoms. The molecule has 1 atom stereocenters. The zero-order chi connectivity index (χ0) is 21.2. The van der Waals surface area contributed by atoms with Crippen molar-refractivity contribution < 1.29 is 4.90 Å². The molecule has 31 heavy (non-hydrogen) atoms. The van der Waals surface area contributed by atoms with Gasteiger partial charge in [-0.25, -0.2) is 4.98 Å². The van der Waals surface area contributed by atoms with E-state index in [1.807, 2.05) is 41.0 Å². The average molecular weight is 449 g/mol. The van der Waals surface area contributed by atoms with E-state index in [-0.39, 0.29) is 5.56 Å². The molecule has 1 unspecified atom stereocenters. The number of hydrogen-bond donors (Lipinski definition) is 1. The second-order valence-electron chi connectivity index (χ2n) is 8.01. The Hall–Kier alpha value is -2.41. The molecule has 4 nitrogen and oxygen atoms in total. The fourth-order valence-electron chi connectivity index (χ4n) is 4.35. The van der Waals surface area contributed by atoms with Crippen LogP contribution in [0.5, 0.6) is 0 Å². The number of fused-ring (bicyclic) bond motifs is 3. The van der Waals surface area contributed by atoms with Gasteiger partial charge in [0.1, 0.15) is 11.4 Å². The van der Waals surface area contributed by atoms with Gasteiger partial charge in [-0.15, -0.1) is 11.3 Å². The Morgan fingerprint density at radius 1 is 1.10 bits per heavy atom. The molecule has 4 aromatic rings. The summed E-state index contributed by atoms with van der Waals surface area (Å²) in [4.78, 5) is 22.7. The van der Waals surface area contributed by atoms with Gasteiger partial charge in [0.15, 0.2) is 5.16 Å². The molecule has 2 aromatic heterocycles. The quantitative estimate of drug-likeness (QED) is 0.357. The summed E-state index contributed by atoms with van der Waals surface area (Å²) >= 11 is 3.36. The number of nitrogens with zero attached hydrogens (tertiary/aromatic N) is 2. The molecule has 0 saturated carbocycles. The Kier molecular flexibility index (Phi) is 5.94. The molecule has 0 bridgehead atoms. The number of thiophene rings is 1. The highest BCUT2D eigenvalue weighted by atomic mass is 32.2. The van der Waals surface area contributed by atoms with Gasteiger partial charge >= 0.3 is 0 Å². The molecule has 0 amide bonds. The predicted octanol–water partition coefficient (Wildman–Crippen LogP) is 4.09. The molecule has 158 valence electrons. The van der Waals surface area contributed by atoms with Gasteiger partial charge in [0.25, 0.3) is 5.56 Å². The molecule has 0 aliphatic carbocycles. The number of thioether (sulfide) groups is 1. The fourth-order valence-corrected chi connectivity index (χ4v) is 6.65. The smallest absolute Gasteiger partial charge is 0.267 e. The number of quaternary nitrogens is 1. The zero-order valence-electron chi connectivity index (χ0n) is 17.6. The summed E-state index contributed by atoms with van der Waals surface area (Å²) in [5.41, 5.74) is 3.42. The largest absolute Gasteiger partial charge is 0.330 e. The van der Waals surface area contributed by atoms with E-state index >= 15 is 0 Å². The fraction of sp³-hybridized carbons (Fsp3) is 0.280. The normalized spacial score (nSPS) is 15.8. The molecule has 1 N–H and O–H groups in total. The monoisotopic (exact) mass is 448 g/mol. The standard InChI is InChI=1S/C25H25N3OS2/c1-2-14-27-15-13-20-21(16-27)31-23-22(20)24(29)28(19-11-7-4-8-12-19)25(26-23)30-17-18-9-5-3-6-10-18/h3-12H,2,13-17H2,1H3/p+1. The SMILES string of the molecule is CCC[NH+]1CCc2c(sc3nc(SCc4ccccc4)n(-c4ccccc4)c(=O)c23)C1. The molecule has 5 rings (SSSR count). The summed E-state index contributed by atoms with van der Waals surface area (Å²) < 4.78 is 1.81. The van der Waals surface area contributed by atoms with Crippen LogP contribution in [0.1, 0.15) is 29.3 Å². The molecule has 1 aliphatic rings. The van der Waals surface area contributed by atoms with Crippen molar-refractivity contribution in [3.8, 4) is 5.69 Å². The minimum Gasteiger partial charge on any atom is -0.330 e. The number of benzene rings is 2. The van der Waals surface area contributed by atoms with Crippen molar-refractivity contribution in [3.63, 3.8) is 0 Å². The van der Waals surface area contributed by atoms with Gasteiger partial charge in [-0.1, -0.05) is 67.2 Å². The topological polar surface area (TPSA) is 39.3 Å². The third kappa shape index (κ3) is 4.07. The first-order chi connectivity index (χ1) is 15.2. The molecular weight excluding hydrogens is 422 g/mol. The van der Waals surface area contributed by atoms with Gasteiger partial charge in [-0.05, 0) is 29.7 Å². The Bertz CT molecular complexity index is 1250. The lowest BCUT2D eigenvalue weighted by atomic mass is 10.1. The molecule has 3 heterocycles. The average Bonchev–Trinajstić information content (AvgIpc) is 3.17. The van der Waals surface area contributed by atoms with Gasteiger partial charge < -0.3 is 4.90 Å².